The molecular formula is C16H24N4O4. The number of rotatable bonds is 6. The molecule has 0 bridgehead atoms. The molecule has 2 aliphatic rings. The molecule has 1 aromatic rings. The van der Waals surface area contributed by atoms with Crippen molar-refractivity contribution in [3.63, 3.8) is 0 Å². The highest BCUT2D eigenvalue weighted by atomic mass is 16.5. The quantitative estimate of drug-likeness (QED) is 0.730. The molecule has 0 atom stereocenters. The standard InChI is InChI=1S/C16H24N4O4/c1-12-9-14(18-24-12)16(22)20-10-13(11-20)15(21)17-3-2-4-19-5-7-23-8-6-19/h9,13H,2-8,10-11H2,1H3,(H,17,21). The number of aromatic nitrogens is 1. The van der Waals surface area contributed by atoms with Gasteiger partial charge in [0.2, 0.25) is 5.91 Å². The fourth-order valence-electron chi connectivity index (χ4n) is 2.92. The minimum atomic E-state index is -0.178. The van der Waals surface area contributed by atoms with Crippen LogP contribution in [-0.4, -0.2) is 79.3 Å². The van der Waals surface area contributed by atoms with E-state index in [-0.39, 0.29) is 17.7 Å². The van der Waals surface area contributed by atoms with E-state index in [1.54, 1.807) is 17.9 Å². The van der Waals surface area contributed by atoms with Gasteiger partial charge < -0.3 is 19.5 Å². The number of aryl methyl sites for hydroxylation is 1. The van der Waals surface area contributed by atoms with Crippen molar-refractivity contribution in [3.8, 4) is 0 Å². The van der Waals surface area contributed by atoms with Crippen LogP contribution in [0.1, 0.15) is 22.7 Å². The first-order valence-electron chi connectivity index (χ1n) is 8.44. The average Bonchev–Trinajstić information content (AvgIpc) is 2.97. The first-order valence-corrected chi connectivity index (χ1v) is 8.44. The maximum Gasteiger partial charge on any atom is 0.276 e. The van der Waals surface area contributed by atoms with Gasteiger partial charge in [0, 0.05) is 38.8 Å². The largest absolute Gasteiger partial charge is 0.379 e. The molecule has 0 saturated carbocycles. The van der Waals surface area contributed by atoms with E-state index >= 15 is 0 Å². The zero-order valence-electron chi connectivity index (χ0n) is 14.0. The molecular weight excluding hydrogens is 312 g/mol. The number of nitrogens with zero attached hydrogens (tertiary/aromatic N) is 3. The van der Waals surface area contributed by atoms with Gasteiger partial charge in [0.1, 0.15) is 5.76 Å². The van der Waals surface area contributed by atoms with E-state index in [0.717, 1.165) is 39.3 Å². The summed E-state index contributed by atoms with van der Waals surface area (Å²) >= 11 is 0. The fourth-order valence-corrected chi connectivity index (χ4v) is 2.92. The lowest BCUT2D eigenvalue weighted by Gasteiger charge is -2.37. The Morgan fingerprint density at radius 3 is 2.75 bits per heavy atom. The number of likely N-dealkylation sites (tertiary alicyclic amines) is 1. The third kappa shape index (κ3) is 4.12. The lowest BCUT2D eigenvalue weighted by molar-refractivity contribution is -0.129. The van der Waals surface area contributed by atoms with Crippen LogP contribution in [0.4, 0.5) is 0 Å². The van der Waals surface area contributed by atoms with Crippen molar-refractivity contribution in [1.82, 2.24) is 20.3 Å². The molecule has 132 valence electrons. The van der Waals surface area contributed by atoms with Crippen LogP contribution in [-0.2, 0) is 9.53 Å². The Bertz CT molecular complexity index is 576. The second-order valence-electron chi connectivity index (χ2n) is 6.33. The summed E-state index contributed by atoms with van der Waals surface area (Å²) in [6.07, 6.45) is 0.930. The number of amides is 2. The molecule has 0 aromatic carbocycles. The second-order valence-corrected chi connectivity index (χ2v) is 6.33. The summed E-state index contributed by atoms with van der Waals surface area (Å²) in [4.78, 5) is 28.1. The summed E-state index contributed by atoms with van der Waals surface area (Å²) < 4.78 is 10.2. The van der Waals surface area contributed by atoms with E-state index < -0.39 is 0 Å². The number of hydrogen-bond acceptors (Lipinski definition) is 6. The van der Waals surface area contributed by atoms with E-state index in [1.807, 2.05) is 0 Å². The van der Waals surface area contributed by atoms with Crippen molar-refractivity contribution < 1.29 is 18.8 Å². The molecule has 2 fully saturated rings. The van der Waals surface area contributed by atoms with E-state index in [1.165, 1.54) is 0 Å². The van der Waals surface area contributed by atoms with Crippen LogP contribution in [0.25, 0.3) is 0 Å². The second kappa shape index (κ2) is 7.76. The number of hydrogen-bond donors (Lipinski definition) is 1. The van der Waals surface area contributed by atoms with Crippen molar-refractivity contribution in [2.75, 3.05) is 52.5 Å². The van der Waals surface area contributed by atoms with Crippen molar-refractivity contribution in [3.05, 3.63) is 17.5 Å². The van der Waals surface area contributed by atoms with Gasteiger partial charge >= 0.3 is 0 Å². The molecule has 1 N–H and O–H groups in total. The lowest BCUT2D eigenvalue weighted by atomic mass is 9.98. The van der Waals surface area contributed by atoms with Crippen LogP contribution < -0.4 is 5.32 Å². The summed E-state index contributed by atoms with van der Waals surface area (Å²) in [5.74, 6) is 0.333. The molecule has 0 unspecified atom stereocenters. The number of morpholine rings is 1. The highest BCUT2D eigenvalue weighted by Crippen LogP contribution is 2.18. The Hall–Kier alpha value is -1.93. The van der Waals surface area contributed by atoms with E-state index in [4.69, 9.17) is 9.26 Å². The van der Waals surface area contributed by atoms with Crippen LogP contribution in [0.2, 0.25) is 0 Å². The predicted octanol–water partition coefficient (Wildman–Crippen LogP) is -0.106. The van der Waals surface area contributed by atoms with Gasteiger partial charge in [-0.05, 0) is 19.9 Å². The van der Waals surface area contributed by atoms with Crippen molar-refractivity contribution in [1.29, 1.82) is 0 Å². The van der Waals surface area contributed by atoms with Crippen LogP contribution in [0.15, 0.2) is 10.6 Å². The van der Waals surface area contributed by atoms with Gasteiger partial charge in [-0.15, -0.1) is 0 Å². The molecule has 0 spiro atoms. The highest BCUT2D eigenvalue weighted by Gasteiger charge is 2.36. The highest BCUT2D eigenvalue weighted by molar-refractivity contribution is 5.94. The molecule has 0 aliphatic carbocycles. The Labute approximate surface area is 141 Å². The smallest absolute Gasteiger partial charge is 0.276 e. The molecule has 8 nitrogen and oxygen atoms in total. The van der Waals surface area contributed by atoms with Crippen molar-refractivity contribution in [2.45, 2.75) is 13.3 Å². The molecule has 8 heteroatoms. The number of carbonyl (C=O) groups is 2. The van der Waals surface area contributed by atoms with Gasteiger partial charge in [0.05, 0.1) is 19.1 Å². The average molecular weight is 336 g/mol. The van der Waals surface area contributed by atoms with Crippen LogP contribution in [0, 0.1) is 12.8 Å². The predicted molar refractivity (Wildman–Crippen MR) is 85.5 cm³/mol. The van der Waals surface area contributed by atoms with Crippen LogP contribution >= 0.6 is 0 Å². The Kier molecular flexibility index (Phi) is 5.47. The van der Waals surface area contributed by atoms with Gasteiger partial charge in [-0.25, -0.2) is 0 Å². The zero-order valence-corrected chi connectivity index (χ0v) is 14.0. The van der Waals surface area contributed by atoms with Crippen molar-refractivity contribution in [2.24, 2.45) is 5.92 Å². The van der Waals surface area contributed by atoms with Gasteiger partial charge in [0.15, 0.2) is 5.69 Å². The number of ether oxygens (including phenoxy) is 1. The molecule has 0 radical (unpaired) electrons. The molecule has 1 aromatic heterocycles. The zero-order chi connectivity index (χ0) is 16.9. The van der Waals surface area contributed by atoms with Gasteiger partial charge in [-0.3, -0.25) is 14.5 Å². The topological polar surface area (TPSA) is 87.9 Å². The first kappa shape index (κ1) is 16.9. The molecule has 2 saturated heterocycles. The number of nitrogens with one attached hydrogen (secondary N) is 1. The Morgan fingerprint density at radius 2 is 2.08 bits per heavy atom. The molecule has 3 rings (SSSR count). The summed E-state index contributed by atoms with van der Waals surface area (Å²) in [6, 6.07) is 1.61. The SMILES string of the molecule is Cc1cc(C(=O)N2CC(C(=O)NCCCN3CCOCC3)C2)no1. The normalized spacial score (nSPS) is 19.1. The Morgan fingerprint density at radius 1 is 1.33 bits per heavy atom. The summed E-state index contributed by atoms with van der Waals surface area (Å²) in [7, 11) is 0. The maximum absolute atomic E-state index is 12.1. The maximum atomic E-state index is 12.1. The van der Waals surface area contributed by atoms with E-state index in [9.17, 15) is 9.59 Å². The summed E-state index contributed by atoms with van der Waals surface area (Å²) in [5, 5.41) is 6.67. The Balaban J connectivity index is 1.31. The monoisotopic (exact) mass is 336 g/mol. The molecule has 3 heterocycles. The molecule has 2 amide bonds. The van der Waals surface area contributed by atoms with E-state index in [2.05, 4.69) is 15.4 Å². The minimum Gasteiger partial charge on any atom is -0.379 e. The van der Waals surface area contributed by atoms with Crippen LogP contribution in [0.3, 0.4) is 0 Å². The van der Waals surface area contributed by atoms with Gasteiger partial charge in [-0.2, -0.15) is 0 Å². The minimum absolute atomic E-state index is 0.0253. The van der Waals surface area contributed by atoms with Gasteiger partial charge in [0.25, 0.3) is 5.91 Å². The summed E-state index contributed by atoms with van der Waals surface area (Å²) in [6.45, 7) is 7.80. The third-order valence-electron chi connectivity index (χ3n) is 4.44. The van der Waals surface area contributed by atoms with Crippen molar-refractivity contribution >= 4 is 11.8 Å². The number of carbonyl (C=O) groups excluding carboxylic acids is 2. The molecule has 24 heavy (non-hydrogen) atoms. The van der Waals surface area contributed by atoms with Gasteiger partial charge in [-0.1, -0.05) is 5.16 Å². The first-order chi connectivity index (χ1) is 11.6. The van der Waals surface area contributed by atoms with Crippen LogP contribution in [0.5, 0.6) is 0 Å². The molecule has 2 aliphatic heterocycles. The van der Waals surface area contributed by atoms with E-state index in [0.29, 0.717) is 31.1 Å². The summed E-state index contributed by atoms with van der Waals surface area (Å²) in [5.41, 5.74) is 0.303. The fraction of sp³-hybridized carbons (Fsp3) is 0.688. The third-order valence-corrected chi connectivity index (χ3v) is 4.44. The lowest BCUT2D eigenvalue weighted by Crippen LogP contribution is -2.56.